The minimum Gasteiger partial charge on any atom is -0.390 e. The van der Waals surface area contributed by atoms with Crippen LogP contribution in [0, 0.1) is 11.8 Å². The first kappa shape index (κ1) is 14.2. The van der Waals surface area contributed by atoms with E-state index in [2.05, 4.69) is 22.2 Å². The Kier molecular flexibility index (Phi) is 3.29. The summed E-state index contributed by atoms with van der Waals surface area (Å²) in [4.78, 5) is 8.85. The summed E-state index contributed by atoms with van der Waals surface area (Å²) < 4.78 is 1.88. The van der Waals surface area contributed by atoms with Gasteiger partial charge in [-0.2, -0.15) is 0 Å². The van der Waals surface area contributed by atoms with Crippen molar-refractivity contribution in [3.05, 3.63) is 17.5 Å². The number of nitrogens with one attached hydrogen (secondary N) is 1. The molecule has 22 heavy (non-hydrogen) atoms. The minimum atomic E-state index is -0.769. The number of nitrogens with zero attached hydrogens (tertiary/aromatic N) is 3. The van der Waals surface area contributed by atoms with E-state index >= 15 is 0 Å². The predicted octanol–water partition coefficient (Wildman–Crippen LogP) is 1.82. The van der Waals surface area contributed by atoms with E-state index < -0.39 is 12.2 Å². The molecule has 0 unspecified atom stereocenters. The number of aliphatic hydroxyl groups is 2. The molecule has 2 aliphatic rings. The third-order valence-electron chi connectivity index (χ3n) is 4.85. The van der Waals surface area contributed by atoms with Crippen molar-refractivity contribution in [3.8, 4) is 0 Å². The largest absolute Gasteiger partial charge is 0.390 e. The van der Waals surface area contributed by atoms with Crippen LogP contribution in [-0.2, 0) is 0 Å². The summed E-state index contributed by atoms with van der Waals surface area (Å²) in [5, 5.41) is 24.0. The molecular formula is C15H19ClN4O2. The van der Waals surface area contributed by atoms with Gasteiger partial charge in [0.25, 0.3) is 0 Å². The Hall–Kier alpha value is -1.37. The molecule has 2 fully saturated rings. The van der Waals surface area contributed by atoms with Gasteiger partial charge in [-0.05, 0) is 24.7 Å². The Bertz CT molecular complexity index is 719. The van der Waals surface area contributed by atoms with Gasteiger partial charge >= 0.3 is 0 Å². The average Bonchev–Trinajstić information content (AvgIpc) is 3.11. The molecule has 5 atom stereocenters. The standard InChI is InChI=1S/C15H19ClN4O2/c1-2-3-17-9-5-10(16)19-15-11(9)18-6-20(15)12-7-4-8(7)13(21)14(12)22/h5-8,12-14,21-22H,2-4H2,1H3,(H,17,19)/t7-,8+,12+,13+,14-/m0/s1. The molecule has 3 N–H and O–H groups in total. The number of aliphatic hydroxyl groups excluding tert-OH is 2. The lowest BCUT2D eigenvalue weighted by Crippen LogP contribution is -2.31. The van der Waals surface area contributed by atoms with Crippen molar-refractivity contribution >= 4 is 28.5 Å². The number of halogens is 1. The van der Waals surface area contributed by atoms with Crippen LogP contribution in [0.1, 0.15) is 25.8 Å². The first-order valence-corrected chi connectivity index (χ1v) is 8.12. The lowest BCUT2D eigenvalue weighted by atomic mass is 10.1. The van der Waals surface area contributed by atoms with E-state index in [-0.39, 0.29) is 12.0 Å². The third kappa shape index (κ3) is 2.01. The van der Waals surface area contributed by atoms with Crippen molar-refractivity contribution in [2.24, 2.45) is 11.8 Å². The molecule has 0 aromatic carbocycles. The molecule has 0 bridgehead atoms. The molecule has 2 aliphatic carbocycles. The van der Waals surface area contributed by atoms with E-state index in [1.165, 1.54) is 0 Å². The van der Waals surface area contributed by atoms with Gasteiger partial charge in [-0.15, -0.1) is 0 Å². The van der Waals surface area contributed by atoms with Gasteiger partial charge in [-0.3, -0.25) is 0 Å². The van der Waals surface area contributed by atoms with Gasteiger partial charge in [0.2, 0.25) is 0 Å². The van der Waals surface area contributed by atoms with E-state index in [1.54, 1.807) is 12.4 Å². The molecule has 7 heteroatoms. The Morgan fingerprint density at radius 1 is 1.36 bits per heavy atom. The lowest BCUT2D eigenvalue weighted by molar-refractivity contribution is 0.00386. The maximum absolute atomic E-state index is 10.3. The van der Waals surface area contributed by atoms with Crippen LogP contribution < -0.4 is 5.32 Å². The number of anilines is 1. The van der Waals surface area contributed by atoms with E-state index in [0.29, 0.717) is 16.7 Å². The van der Waals surface area contributed by atoms with Crippen LogP contribution in [0.15, 0.2) is 12.4 Å². The van der Waals surface area contributed by atoms with E-state index in [9.17, 15) is 10.2 Å². The van der Waals surface area contributed by atoms with Crippen LogP contribution in [0.5, 0.6) is 0 Å². The highest BCUT2D eigenvalue weighted by atomic mass is 35.5. The molecule has 118 valence electrons. The van der Waals surface area contributed by atoms with Crippen molar-refractivity contribution in [2.45, 2.75) is 38.0 Å². The third-order valence-corrected chi connectivity index (χ3v) is 5.05. The molecule has 2 aromatic heterocycles. The topological polar surface area (TPSA) is 83.2 Å². The van der Waals surface area contributed by atoms with Crippen molar-refractivity contribution in [1.29, 1.82) is 0 Å². The van der Waals surface area contributed by atoms with Crippen LogP contribution in [0.3, 0.4) is 0 Å². The molecule has 2 heterocycles. The quantitative estimate of drug-likeness (QED) is 0.748. The number of rotatable bonds is 4. The van der Waals surface area contributed by atoms with Crippen LogP contribution in [0.4, 0.5) is 5.69 Å². The summed E-state index contributed by atoms with van der Waals surface area (Å²) in [6.07, 6.45) is 2.23. The maximum atomic E-state index is 10.3. The second kappa shape index (κ2) is 5.08. The first-order chi connectivity index (χ1) is 10.6. The number of fused-ring (bicyclic) bond motifs is 2. The fourth-order valence-corrected chi connectivity index (χ4v) is 3.88. The molecule has 0 aliphatic heterocycles. The molecule has 0 saturated heterocycles. The highest BCUT2D eigenvalue weighted by Crippen LogP contribution is 2.57. The van der Waals surface area contributed by atoms with Crippen molar-refractivity contribution in [1.82, 2.24) is 14.5 Å². The molecule has 6 nitrogen and oxygen atoms in total. The Morgan fingerprint density at radius 2 is 2.18 bits per heavy atom. The average molecular weight is 323 g/mol. The Morgan fingerprint density at radius 3 is 2.86 bits per heavy atom. The maximum Gasteiger partial charge on any atom is 0.164 e. The highest BCUT2D eigenvalue weighted by Gasteiger charge is 2.60. The zero-order valence-corrected chi connectivity index (χ0v) is 13.0. The predicted molar refractivity (Wildman–Crippen MR) is 84.0 cm³/mol. The van der Waals surface area contributed by atoms with Gasteiger partial charge in [-0.1, -0.05) is 18.5 Å². The fraction of sp³-hybridized carbons (Fsp3) is 0.600. The summed E-state index contributed by atoms with van der Waals surface area (Å²) in [7, 11) is 0. The van der Waals surface area contributed by atoms with Gasteiger partial charge in [0.1, 0.15) is 16.8 Å². The summed E-state index contributed by atoms with van der Waals surface area (Å²) >= 11 is 6.15. The second-order valence-electron chi connectivity index (χ2n) is 6.28. The fourth-order valence-electron chi connectivity index (χ4n) is 3.69. The Balaban J connectivity index is 1.78. The van der Waals surface area contributed by atoms with Crippen LogP contribution in [-0.4, -0.2) is 43.5 Å². The number of hydrogen-bond acceptors (Lipinski definition) is 5. The van der Waals surface area contributed by atoms with Crippen LogP contribution in [0.2, 0.25) is 5.15 Å². The van der Waals surface area contributed by atoms with Crippen LogP contribution >= 0.6 is 11.6 Å². The molecule has 0 amide bonds. The number of aromatic nitrogens is 3. The molecule has 0 spiro atoms. The second-order valence-corrected chi connectivity index (χ2v) is 6.67. The Labute approximate surface area is 133 Å². The van der Waals surface area contributed by atoms with Crippen LogP contribution in [0.25, 0.3) is 11.2 Å². The van der Waals surface area contributed by atoms with Gasteiger partial charge < -0.3 is 20.1 Å². The highest BCUT2D eigenvalue weighted by molar-refractivity contribution is 6.30. The van der Waals surface area contributed by atoms with Gasteiger partial charge in [-0.25, -0.2) is 9.97 Å². The van der Waals surface area contributed by atoms with Crippen molar-refractivity contribution in [2.75, 3.05) is 11.9 Å². The summed E-state index contributed by atoms with van der Waals surface area (Å²) in [6.45, 7) is 2.92. The molecule has 4 rings (SSSR count). The zero-order valence-electron chi connectivity index (χ0n) is 12.3. The SMILES string of the molecule is CCCNc1cc(Cl)nc2c1ncn2[C@H]1[C@H](O)[C@H](O)[C@@H]2C[C@@H]21. The molecule has 2 saturated carbocycles. The zero-order chi connectivity index (χ0) is 15.4. The van der Waals surface area contributed by atoms with E-state index in [4.69, 9.17) is 11.6 Å². The minimum absolute atomic E-state index is 0.171. The normalized spacial score (nSPS) is 33.2. The van der Waals surface area contributed by atoms with Gasteiger partial charge in [0.05, 0.1) is 24.2 Å². The monoisotopic (exact) mass is 322 g/mol. The van der Waals surface area contributed by atoms with Gasteiger partial charge in [0, 0.05) is 12.6 Å². The van der Waals surface area contributed by atoms with Crippen molar-refractivity contribution < 1.29 is 10.2 Å². The number of hydrogen-bond donors (Lipinski definition) is 3. The van der Waals surface area contributed by atoms with Gasteiger partial charge in [0.15, 0.2) is 5.65 Å². The van der Waals surface area contributed by atoms with E-state index in [1.807, 2.05) is 4.57 Å². The molecule has 0 radical (unpaired) electrons. The number of pyridine rings is 1. The molecular weight excluding hydrogens is 304 g/mol. The summed E-state index contributed by atoms with van der Waals surface area (Å²) in [6, 6.07) is 1.60. The summed E-state index contributed by atoms with van der Waals surface area (Å²) in [5.41, 5.74) is 2.27. The first-order valence-electron chi connectivity index (χ1n) is 7.75. The lowest BCUT2D eigenvalue weighted by Gasteiger charge is -2.22. The van der Waals surface area contributed by atoms with E-state index in [0.717, 1.165) is 30.6 Å². The summed E-state index contributed by atoms with van der Waals surface area (Å²) in [5.74, 6) is 0.504. The smallest absolute Gasteiger partial charge is 0.164 e. The molecule has 2 aromatic rings. The van der Waals surface area contributed by atoms with Crippen molar-refractivity contribution in [3.63, 3.8) is 0 Å². The number of imidazole rings is 1.